The number of rotatable bonds is 5. The normalized spacial score (nSPS) is 13.6. The lowest BCUT2D eigenvalue weighted by atomic mass is 10.1. The third-order valence-corrected chi connectivity index (χ3v) is 5.19. The maximum Gasteiger partial charge on any atom is 0.253 e. The van der Waals surface area contributed by atoms with Gasteiger partial charge in [-0.05, 0) is 36.8 Å². The Morgan fingerprint density at radius 1 is 1.07 bits per heavy atom. The molecule has 4 rings (SSSR count). The van der Waals surface area contributed by atoms with E-state index in [1.165, 1.54) is 0 Å². The second kappa shape index (κ2) is 8.78. The second-order valence-electron chi connectivity index (χ2n) is 7.32. The van der Waals surface area contributed by atoms with Gasteiger partial charge >= 0.3 is 0 Å². The molecule has 0 radical (unpaired) electrons. The molecule has 0 saturated carbocycles. The highest BCUT2D eigenvalue weighted by molar-refractivity contribution is 5.95. The van der Waals surface area contributed by atoms with Crippen LogP contribution >= 0.6 is 0 Å². The van der Waals surface area contributed by atoms with Gasteiger partial charge in [-0.1, -0.05) is 42.5 Å². The summed E-state index contributed by atoms with van der Waals surface area (Å²) >= 11 is 0. The summed E-state index contributed by atoms with van der Waals surface area (Å²) in [6, 6.07) is 21.5. The zero-order chi connectivity index (χ0) is 20.9. The van der Waals surface area contributed by atoms with Gasteiger partial charge in [-0.15, -0.1) is 0 Å². The van der Waals surface area contributed by atoms with Crippen LogP contribution in [-0.2, 0) is 11.3 Å². The molecule has 3 aromatic rings. The molecule has 0 atom stereocenters. The number of carbonyl (C=O) groups is 2. The van der Waals surface area contributed by atoms with Gasteiger partial charge in [0, 0.05) is 30.9 Å². The van der Waals surface area contributed by atoms with Crippen molar-refractivity contribution in [3.63, 3.8) is 0 Å². The van der Waals surface area contributed by atoms with Crippen molar-refractivity contribution in [1.82, 2.24) is 15.6 Å². The van der Waals surface area contributed by atoms with Gasteiger partial charge in [-0.25, -0.2) is 0 Å². The average Bonchev–Trinajstić information content (AvgIpc) is 2.78. The lowest BCUT2D eigenvalue weighted by Gasteiger charge is -2.28. The Kier molecular flexibility index (Phi) is 5.75. The van der Waals surface area contributed by atoms with E-state index in [4.69, 9.17) is 0 Å². The van der Waals surface area contributed by atoms with Crippen molar-refractivity contribution in [2.45, 2.75) is 13.5 Å². The fourth-order valence-corrected chi connectivity index (χ4v) is 3.53. The fraction of sp³-hybridized carbons (Fsp3) is 0.208. The molecule has 30 heavy (non-hydrogen) atoms. The van der Waals surface area contributed by atoms with Crippen LogP contribution in [0.1, 0.15) is 21.6 Å². The van der Waals surface area contributed by atoms with E-state index in [1.807, 2.05) is 78.6 Å². The van der Waals surface area contributed by atoms with Gasteiger partial charge in [0.2, 0.25) is 5.91 Å². The first-order chi connectivity index (χ1) is 14.6. The SMILES string of the molecule is Cc1nc(-c2ccccc2)ccc1C(=O)NCc1ccc(N2CCNC(=O)C2)cc1. The zero-order valence-corrected chi connectivity index (χ0v) is 16.9. The molecule has 2 aromatic carbocycles. The minimum atomic E-state index is -0.142. The smallest absolute Gasteiger partial charge is 0.253 e. The van der Waals surface area contributed by atoms with Crippen molar-refractivity contribution in [3.05, 3.63) is 83.6 Å². The molecule has 2 N–H and O–H groups in total. The van der Waals surface area contributed by atoms with Gasteiger partial charge < -0.3 is 15.5 Å². The summed E-state index contributed by atoms with van der Waals surface area (Å²) in [5, 5.41) is 5.79. The Morgan fingerprint density at radius 3 is 2.53 bits per heavy atom. The van der Waals surface area contributed by atoms with Crippen LogP contribution in [0, 0.1) is 6.92 Å². The summed E-state index contributed by atoms with van der Waals surface area (Å²) in [7, 11) is 0. The number of piperazine rings is 1. The van der Waals surface area contributed by atoms with Crippen LogP contribution in [-0.4, -0.2) is 36.4 Å². The Balaban J connectivity index is 1.38. The predicted molar refractivity (Wildman–Crippen MR) is 117 cm³/mol. The molecular formula is C24H24N4O2. The maximum atomic E-state index is 12.6. The first kappa shape index (κ1) is 19.6. The van der Waals surface area contributed by atoms with E-state index in [0.717, 1.165) is 29.1 Å². The number of nitrogens with zero attached hydrogens (tertiary/aromatic N) is 2. The summed E-state index contributed by atoms with van der Waals surface area (Å²) in [6.45, 7) is 4.12. The average molecular weight is 400 g/mol. The van der Waals surface area contributed by atoms with E-state index >= 15 is 0 Å². The van der Waals surface area contributed by atoms with E-state index in [1.54, 1.807) is 0 Å². The quantitative estimate of drug-likeness (QED) is 0.691. The third-order valence-electron chi connectivity index (χ3n) is 5.19. The van der Waals surface area contributed by atoms with Crippen LogP contribution in [0.3, 0.4) is 0 Å². The molecule has 152 valence electrons. The number of aromatic nitrogens is 1. The number of aryl methyl sites for hydroxylation is 1. The molecule has 2 heterocycles. The van der Waals surface area contributed by atoms with E-state index in [2.05, 4.69) is 15.6 Å². The summed E-state index contributed by atoms with van der Waals surface area (Å²) in [4.78, 5) is 30.8. The predicted octanol–water partition coefficient (Wildman–Crippen LogP) is 2.92. The van der Waals surface area contributed by atoms with Crippen molar-refractivity contribution in [1.29, 1.82) is 0 Å². The number of hydrogen-bond acceptors (Lipinski definition) is 4. The van der Waals surface area contributed by atoms with Crippen molar-refractivity contribution < 1.29 is 9.59 Å². The highest BCUT2D eigenvalue weighted by atomic mass is 16.2. The second-order valence-corrected chi connectivity index (χ2v) is 7.32. The zero-order valence-electron chi connectivity index (χ0n) is 16.9. The number of anilines is 1. The minimum absolute atomic E-state index is 0.0415. The third kappa shape index (κ3) is 4.49. The number of hydrogen-bond donors (Lipinski definition) is 2. The summed E-state index contributed by atoms with van der Waals surface area (Å²) < 4.78 is 0. The standard InChI is InChI=1S/C24H24N4O2/c1-17-21(11-12-22(27-17)19-5-3-2-4-6-19)24(30)26-15-18-7-9-20(10-8-18)28-14-13-25-23(29)16-28/h2-12H,13-16H2,1H3,(H,25,29)(H,26,30). The van der Waals surface area contributed by atoms with Crippen LogP contribution in [0.4, 0.5) is 5.69 Å². The molecule has 1 aliphatic heterocycles. The summed E-state index contributed by atoms with van der Waals surface area (Å²) in [5.41, 5.74) is 5.17. The Morgan fingerprint density at radius 2 is 1.83 bits per heavy atom. The van der Waals surface area contributed by atoms with Crippen molar-refractivity contribution in [2.24, 2.45) is 0 Å². The molecule has 1 aromatic heterocycles. The Hall–Kier alpha value is -3.67. The first-order valence-corrected chi connectivity index (χ1v) is 10.0. The lowest BCUT2D eigenvalue weighted by Crippen LogP contribution is -2.47. The van der Waals surface area contributed by atoms with Gasteiger partial charge in [-0.3, -0.25) is 14.6 Å². The lowest BCUT2D eigenvalue weighted by molar-refractivity contribution is -0.120. The Labute approximate surface area is 175 Å². The van der Waals surface area contributed by atoms with E-state index in [-0.39, 0.29) is 11.8 Å². The van der Waals surface area contributed by atoms with Crippen molar-refractivity contribution >= 4 is 17.5 Å². The molecule has 0 bridgehead atoms. The Bertz CT molecular complexity index is 1050. The number of nitrogens with one attached hydrogen (secondary N) is 2. The number of amides is 2. The van der Waals surface area contributed by atoms with Gasteiger partial charge in [0.25, 0.3) is 5.91 Å². The molecule has 0 spiro atoms. The number of benzene rings is 2. The van der Waals surface area contributed by atoms with Crippen LogP contribution in [0.2, 0.25) is 0 Å². The van der Waals surface area contributed by atoms with Gasteiger partial charge in [0.05, 0.1) is 23.5 Å². The molecule has 0 unspecified atom stereocenters. The summed E-state index contributed by atoms with van der Waals surface area (Å²) in [6.07, 6.45) is 0. The molecule has 1 aliphatic rings. The van der Waals surface area contributed by atoms with Crippen LogP contribution in [0.5, 0.6) is 0 Å². The number of pyridine rings is 1. The largest absolute Gasteiger partial charge is 0.360 e. The van der Waals surface area contributed by atoms with Crippen LogP contribution in [0.25, 0.3) is 11.3 Å². The van der Waals surface area contributed by atoms with E-state index in [9.17, 15) is 9.59 Å². The minimum Gasteiger partial charge on any atom is -0.360 e. The fourth-order valence-electron chi connectivity index (χ4n) is 3.53. The maximum absolute atomic E-state index is 12.6. The monoisotopic (exact) mass is 400 g/mol. The van der Waals surface area contributed by atoms with E-state index in [0.29, 0.717) is 30.9 Å². The molecule has 0 aliphatic carbocycles. The molecule has 1 saturated heterocycles. The highest BCUT2D eigenvalue weighted by Crippen LogP contribution is 2.19. The number of carbonyl (C=O) groups excluding carboxylic acids is 2. The molecule has 2 amide bonds. The van der Waals surface area contributed by atoms with E-state index < -0.39 is 0 Å². The molecule has 1 fully saturated rings. The van der Waals surface area contributed by atoms with Gasteiger partial charge in [0.1, 0.15) is 0 Å². The van der Waals surface area contributed by atoms with Gasteiger partial charge in [0.15, 0.2) is 0 Å². The molecular weight excluding hydrogens is 376 g/mol. The van der Waals surface area contributed by atoms with Crippen molar-refractivity contribution in [2.75, 3.05) is 24.5 Å². The van der Waals surface area contributed by atoms with Gasteiger partial charge in [-0.2, -0.15) is 0 Å². The van der Waals surface area contributed by atoms with Crippen molar-refractivity contribution in [3.8, 4) is 11.3 Å². The van der Waals surface area contributed by atoms with Crippen LogP contribution in [0.15, 0.2) is 66.7 Å². The highest BCUT2D eigenvalue weighted by Gasteiger charge is 2.16. The molecule has 6 heteroatoms. The molecule has 6 nitrogen and oxygen atoms in total. The first-order valence-electron chi connectivity index (χ1n) is 10.0. The topological polar surface area (TPSA) is 74.3 Å². The van der Waals surface area contributed by atoms with Crippen LogP contribution < -0.4 is 15.5 Å². The summed E-state index contributed by atoms with van der Waals surface area (Å²) in [5.74, 6) is -0.101.